The van der Waals surface area contributed by atoms with E-state index in [-0.39, 0.29) is 17.7 Å². The molecule has 1 saturated carbocycles. The van der Waals surface area contributed by atoms with Crippen molar-refractivity contribution in [2.75, 3.05) is 11.9 Å². The average molecular weight is 300 g/mol. The smallest absolute Gasteiger partial charge is 0.229 e. The fourth-order valence-electron chi connectivity index (χ4n) is 3.77. The van der Waals surface area contributed by atoms with Gasteiger partial charge in [-0.15, -0.1) is 0 Å². The average Bonchev–Trinajstić information content (AvgIpc) is 3.06. The number of aryl methyl sites for hydroxylation is 2. The summed E-state index contributed by atoms with van der Waals surface area (Å²) in [5.41, 5.74) is 3.09. The van der Waals surface area contributed by atoms with Gasteiger partial charge in [-0.3, -0.25) is 9.59 Å². The standard InChI is InChI=1S/C18H24N2O2/c1-12-7-13(2)9-15(8-12)19-18(22)14-10-17(21)20(11-14)16-5-3-4-6-16/h7-9,14,16H,3-6,10-11H2,1-2H3,(H,19,22)/t14-/m0/s1. The lowest BCUT2D eigenvalue weighted by Gasteiger charge is -2.23. The van der Waals surface area contributed by atoms with Crippen LogP contribution < -0.4 is 5.32 Å². The van der Waals surface area contributed by atoms with E-state index in [2.05, 4.69) is 11.4 Å². The van der Waals surface area contributed by atoms with Crippen molar-refractivity contribution in [3.05, 3.63) is 29.3 Å². The summed E-state index contributed by atoms with van der Waals surface area (Å²) in [6.45, 7) is 4.62. The molecule has 4 heteroatoms. The van der Waals surface area contributed by atoms with Crippen molar-refractivity contribution in [2.24, 2.45) is 5.92 Å². The number of benzene rings is 1. The maximum atomic E-state index is 12.5. The maximum Gasteiger partial charge on any atom is 0.229 e. The fraction of sp³-hybridized carbons (Fsp3) is 0.556. The monoisotopic (exact) mass is 300 g/mol. The molecule has 0 unspecified atom stereocenters. The Morgan fingerprint density at radius 3 is 2.41 bits per heavy atom. The van der Waals surface area contributed by atoms with Crippen LogP contribution in [0.3, 0.4) is 0 Å². The first-order valence-corrected chi connectivity index (χ1v) is 8.21. The molecule has 2 aliphatic rings. The number of likely N-dealkylation sites (tertiary alicyclic amines) is 1. The van der Waals surface area contributed by atoms with Gasteiger partial charge in [0.1, 0.15) is 0 Å². The van der Waals surface area contributed by atoms with Crippen molar-refractivity contribution < 1.29 is 9.59 Å². The molecule has 1 atom stereocenters. The molecule has 2 fully saturated rings. The minimum Gasteiger partial charge on any atom is -0.339 e. The van der Waals surface area contributed by atoms with Crippen molar-refractivity contribution in [1.29, 1.82) is 0 Å². The quantitative estimate of drug-likeness (QED) is 0.933. The molecule has 2 amide bonds. The Bertz CT molecular complexity index is 570. The first-order valence-electron chi connectivity index (χ1n) is 8.21. The normalized spacial score (nSPS) is 22.4. The Morgan fingerprint density at radius 1 is 1.14 bits per heavy atom. The van der Waals surface area contributed by atoms with Crippen LogP contribution in [0.2, 0.25) is 0 Å². The zero-order valence-corrected chi connectivity index (χ0v) is 13.4. The molecule has 1 N–H and O–H groups in total. The molecule has 0 bridgehead atoms. The zero-order valence-electron chi connectivity index (χ0n) is 13.4. The number of amides is 2. The minimum atomic E-state index is -0.214. The van der Waals surface area contributed by atoms with Crippen molar-refractivity contribution in [3.63, 3.8) is 0 Å². The number of carbonyl (C=O) groups excluding carboxylic acids is 2. The van der Waals surface area contributed by atoms with Gasteiger partial charge in [0.05, 0.1) is 5.92 Å². The van der Waals surface area contributed by atoms with Gasteiger partial charge in [0.25, 0.3) is 0 Å². The molecule has 118 valence electrons. The van der Waals surface area contributed by atoms with Gasteiger partial charge in [0, 0.05) is 24.7 Å². The zero-order chi connectivity index (χ0) is 15.7. The molecular formula is C18H24N2O2. The van der Waals surface area contributed by atoms with Gasteiger partial charge >= 0.3 is 0 Å². The second-order valence-electron chi connectivity index (χ2n) is 6.75. The van der Waals surface area contributed by atoms with Crippen LogP contribution in [0.4, 0.5) is 5.69 Å². The van der Waals surface area contributed by atoms with E-state index in [0.717, 1.165) is 29.7 Å². The first kappa shape index (κ1) is 15.1. The molecular weight excluding hydrogens is 276 g/mol. The summed E-state index contributed by atoms with van der Waals surface area (Å²) in [4.78, 5) is 26.6. The molecule has 22 heavy (non-hydrogen) atoms. The molecule has 3 rings (SSSR count). The third kappa shape index (κ3) is 3.16. The Hall–Kier alpha value is -1.84. The van der Waals surface area contributed by atoms with E-state index >= 15 is 0 Å². The largest absolute Gasteiger partial charge is 0.339 e. The van der Waals surface area contributed by atoms with Gasteiger partial charge in [-0.05, 0) is 49.9 Å². The second kappa shape index (κ2) is 6.11. The Morgan fingerprint density at radius 2 is 1.77 bits per heavy atom. The summed E-state index contributed by atoms with van der Waals surface area (Å²) < 4.78 is 0. The number of nitrogens with one attached hydrogen (secondary N) is 1. The summed E-state index contributed by atoms with van der Waals surface area (Å²) in [6.07, 6.45) is 4.95. The van der Waals surface area contributed by atoms with E-state index in [9.17, 15) is 9.59 Å². The first-order chi connectivity index (χ1) is 10.5. The second-order valence-corrected chi connectivity index (χ2v) is 6.75. The summed E-state index contributed by atoms with van der Waals surface area (Å²) in [5, 5.41) is 2.98. The minimum absolute atomic E-state index is 0.0288. The summed E-state index contributed by atoms with van der Waals surface area (Å²) in [7, 11) is 0. The van der Waals surface area contributed by atoms with Gasteiger partial charge in [0.15, 0.2) is 0 Å². The highest BCUT2D eigenvalue weighted by atomic mass is 16.2. The van der Waals surface area contributed by atoms with E-state index in [4.69, 9.17) is 0 Å². The van der Waals surface area contributed by atoms with E-state index < -0.39 is 0 Å². The highest BCUT2D eigenvalue weighted by Gasteiger charge is 2.38. The van der Waals surface area contributed by atoms with Gasteiger partial charge in [-0.2, -0.15) is 0 Å². The predicted octanol–water partition coefficient (Wildman–Crippen LogP) is 3.03. The van der Waals surface area contributed by atoms with Crippen molar-refractivity contribution in [1.82, 2.24) is 4.90 Å². The third-order valence-corrected chi connectivity index (χ3v) is 4.78. The lowest BCUT2D eigenvalue weighted by molar-refractivity contribution is -0.129. The number of rotatable bonds is 3. The molecule has 1 aliphatic carbocycles. The highest BCUT2D eigenvalue weighted by Crippen LogP contribution is 2.30. The summed E-state index contributed by atoms with van der Waals surface area (Å²) >= 11 is 0. The lowest BCUT2D eigenvalue weighted by atomic mass is 10.1. The Balaban J connectivity index is 1.64. The van der Waals surface area contributed by atoms with Gasteiger partial charge in [0.2, 0.25) is 11.8 Å². The van der Waals surface area contributed by atoms with E-state index in [1.54, 1.807) is 0 Å². The SMILES string of the molecule is Cc1cc(C)cc(NC(=O)[C@H]2CC(=O)N(C3CCCC3)C2)c1. The van der Waals surface area contributed by atoms with Crippen molar-refractivity contribution >= 4 is 17.5 Å². The lowest BCUT2D eigenvalue weighted by Crippen LogP contribution is -2.35. The highest BCUT2D eigenvalue weighted by molar-refractivity contribution is 5.97. The third-order valence-electron chi connectivity index (χ3n) is 4.78. The van der Waals surface area contributed by atoms with E-state index in [1.165, 1.54) is 12.8 Å². The molecule has 1 aliphatic heterocycles. The van der Waals surface area contributed by atoms with Crippen LogP contribution in [-0.4, -0.2) is 29.3 Å². The van der Waals surface area contributed by atoms with Crippen LogP contribution in [0.15, 0.2) is 18.2 Å². The van der Waals surface area contributed by atoms with Crippen LogP contribution in [0, 0.1) is 19.8 Å². The molecule has 1 heterocycles. The van der Waals surface area contributed by atoms with Crippen LogP contribution >= 0.6 is 0 Å². The van der Waals surface area contributed by atoms with E-state index in [1.807, 2.05) is 30.9 Å². The molecule has 0 aromatic heterocycles. The number of hydrogen-bond donors (Lipinski definition) is 1. The number of hydrogen-bond acceptors (Lipinski definition) is 2. The van der Waals surface area contributed by atoms with Crippen molar-refractivity contribution in [3.8, 4) is 0 Å². The number of nitrogens with zero attached hydrogens (tertiary/aromatic N) is 1. The number of carbonyl (C=O) groups is 2. The van der Waals surface area contributed by atoms with Gasteiger partial charge in [-0.1, -0.05) is 18.9 Å². The van der Waals surface area contributed by atoms with Crippen LogP contribution in [0.25, 0.3) is 0 Å². The topological polar surface area (TPSA) is 49.4 Å². The molecule has 0 spiro atoms. The fourth-order valence-corrected chi connectivity index (χ4v) is 3.77. The van der Waals surface area contributed by atoms with Gasteiger partial charge in [-0.25, -0.2) is 0 Å². The van der Waals surface area contributed by atoms with Crippen LogP contribution in [0.1, 0.15) is 43.2 Å². The van der Waals surface area contributed by atoms with Crippen LogP contribution in [-0.2, 0) is 9.59 Å². The van der Waals surface area contributed by atoms with E-state index in [0.29, 0.717) is 19.0 Å². The van der Waals surface area contributed by atoms with Crippen molar-refractivity contribution in [2.45, 2.75) is 52.0 Å². The summed E-state index contributed by atoms with van der Waals surface area (Å²) in [6, 6.07) is 6.38. The van der Waals surface area contributed by atoms with Crippen LogP contribution in [0.5, 0.6) is 0 Å². The molecule has 1 saturated heterocycles. The molecule has 0 radical (unpaired) electrons. The molecule has 1 aromatic carbocycles. The molecule has 4 nitrogen and oxygen atoms in total. The van der Waals surface area contributed by atoms with Gasteiger partial charge < -0.3 is 10.2 Å². The molecule has 1 aromatic rings. The Kier molecular flexibility index (Phi) is 4.19. The predicted molar refractivity (Wildman–Crippen MR) is 86.6 cm³/mol. The maximum absolute atomic E-state index is 12.5. The Labute approximate surface area is 131 Å². The summed E-state index contributed by atoms with van der Waals surface area (Å²) in [5.74, 6) is -0.0970. The number of anilines is 1.